The van der Waals surface area contributed by atoms with Crippen LogP contribution < -0.4 is 10.2 Å². The Kier molecular flexibility index (Phi) is 8.85. The number of benzene rings is 1. The Hall–Kier alpha value is -1.03. The summed E-state index contributed by atoms with van der Waals surface area (Å²) in [5, 5.41) is 3.40. The number of nitrogens with zero attached hydrogens (tertiary/aromatic N) is 3. The largest absolute Gasteiger partial charge is 0.372 e. The van der Waals surface area contributed by atoms with Crippen molar-refractivity contribution in [3.05, 3.63) is 29.8 Å². The number of anilines is 1. The van der Waals surface area contributed by atoms with Gasteiger partial charge in [0.25, 0.3) is 0 Å². The monoisotopic (exact) mass is 548 g/mol. The average molecular weight is 549 g/mol. The van der Waals surface area contributed by atoms with Gasteiger partial charge in [-0.15, -0.1) is 24.0 Å². The summed E-state index contributed by atoms with van der Waals surface area (Å²) in [6.07, 6.45) is 6.63. The van der Waals surface area contributed by atoms with E-state index in [0.29, 0.717) is 25.7 Å². The number of hydrogen-bond donors (Lipinski definition) is 1. The quantitative estimate of drug-likeness (QED) is 0.354. The van der Waals surface area contributed by atoms with Gasteiger partial charge in [0, 0.05) is 45.5 Å². The van der Waals surface area contributed by atoms with E-state index in [0.717, 1.165) is 5.96 Å². The van der Waals surface area contributed by atoms with Gasteiger partial charge in [-0.05, 0) is 44.4 Å². The molecule has 1 aliphatic carbocycles. The predicted octanol–water partition coefficient (Wildman–Crippen LogP) is 3.66. The second kappa shape index (κ2) is 10.5. The second-order valence-corrected chi connectivity index (χ2v) is 11.7. The first-order valence-corrected chi connectivity index (χ1v) is 12.4. The van der Waals surface area contributed by atoms with Crippen LogP contribution in [0.15, 0.2) is 29.3 Å². The van der Waals surface area contributed by atoms with Crippen LogP contribution >= 0.6 is 24.0 Å². The molecule has 1 N–H and O–H groups in total. The van der Waals surface area contributed by atoms with Crippen LogP contribution in [0.3, 0.4) is 0 Å². The molecule has 0 unspecified atom stereocenters. The lowest BCUT2D eigenvalue weighted by atomic mass is 9.94. The van der Waals surface area contributed by atoms with E-state index in [1.165, 1.54) is 43.4 Å². The van der Waals surface area contributed by atoms with E-state index >= 15 is 0 Å². The highest BCUT2D eigenvalue weighted by molar-refractivity contribution is 14.0. The second-order valence-electron chi connectivity index (χ2n) is 8.97. The van der Waals surface area contributed by atoms with Gasteiger partial charge in [-0.1, -0.05) is 31.4 Å². The number of guanidine groups is 1. The minimum absolute atomic E-state index is 0. The van der Waals surface area contributed by atoms with E-state index in [-0.39, 0.29) is 29.7 Å². The van der Waals surface area contributed by atoms with Crippen molar-refractivity contribution in [1.29, 1.82) is 0 Å². The lowest BCUT2D eigenvalue weighted by molar-refractivity contribution is 0.353. The molecule has 1 aliphatic heterocycles. The molecule has 170 valence electrons. The van der Waals surface area contributed by atoms with Crippen LogP contribution in [0.4, 0.5) is 5.69 Å². The van der Waals surface area contributed by atoms with Crippen LogP contribution in [0, 0.1) is 0 Å². The molecule has 30 heavy (non-hydrogen) atoms. The highest BCUT2D eigenvalue weighted by Gasteiger charge is 2.40. The Labute approximate surface area is 199 Å². The molecule has 1 saturated heterocycles. The molecule has 0 aromatic heterocycles. The van der Waals surface area contributed by atoms with Crippen LogP contribution in [0.1, 0.15) is 51.5 Å². The number of hydrogen-bond acceptors (Lipinski definition) is 4. The fourth-order valence-corrected chi connectivity index (χ4v) is 5.73. The smallest absolute Gasteiger partial charge is 0.193 e. The zero-order valence-electron chi connectivity index (χ0n) is 18.7. The maximum absolute atomic E-state index is 12.2. The summed E-state index contributed by atoms with van der Waals surface area (Å²) in [5.41, 5.74) is 2.46. The van der Waals surface area contributed by atoms with Gasteiger partial charge < -0.3 is 15.1 Å². The molecule has 2 fully saturated rings. The van der Waals surface area contributed by atoms with Crippen molar-refractivity contribution in [2.24, 2.45) is 4.99 Å². The van der Waals surface area contributed by atoms with E-state index in [2.05, 4.69) is 46.5 Å². The first-order chi connectivity index (χ1) is 13.7. The third-order valence-corrected chi connectivity index (χ3v) is 9.00. The highest BCUT2D eigenvalue weighted by atomic mass is 127. The molecule has 6 nitrogen and oxygen atoms in total. The summed E-state index contributed by atoms with van der Waals surface area (Å²) in [4.78, 5) is 8.85. The van der Waals surface area contributed by atoms with Crippen LogP contribution in [0.2, 0.25) is 0 Å². The van der Waals surface area contributed by atoms with Gasteiger partial charge in [-0.25, -0.2) is 8.42 Å². The van der Waals surface area contributed by atoms with Crippen LogP contribution in [0.5, 0.6) is 0 Å². The topological polar surface area (TPSA) is 65.0 Å². The molecule has 0 bridgehead atoms. The molecule has 1 heterocycles. The fraction of sp³-hybridized carbons (Fsp3) is 0.682. The third kappa shape index (κ3) is 5.81. The van der Waals surface area contributed by atoms with Crippen molar-refractivity contribution in [3.8, 4) is 0 Å². The van der Waals surface area contributed by atoms with Crippen LogP contribution in [-0.2, 0) is 16.4 Å². The van der Waals surface area contributed by atoms with Gasteiger partial charge in [-0.3, -0.25) is 4.99 Å². The summed E-state index contributed by atoms with van der Waals surface area (Å²) in [7, 11) is 0.902. The maximum Gasteiger partial charge on any atom is 0.193 e. The molecule has 1 aromatic rings. The first kappa shape index (κ1) is 25.2. The number of sulfone groups is 1. The van der Waals surface area contributed by atoms with Crippen molar-refractivity contribution >= 4 is 45.5 Å². The van der Waals surface area contributed by atoms with Crippen molar-refractivity contribution < 1.29 is 8.42 Å². The molecular weight excluding hydrogens is 511 g/mol. The van der Waals surface area contributed by atoms with Gasteiger partial charge in [0.1, 0.15) is 0 Å². The van der Waals surface area contributed by atoms with Gasteiger partial charge >= 0.3 is 0 Å². The van der Waals surface area contributed by atoms with Crippen molar-refractivity contribution in [3.63, 3.8) is 0 Å². The van der Waals surface area contributed by atoms with E-state index in [1.54, 1.807) is 20.9 Å². The number of nitrogens with one attached hydrogen (secondary N) is 1. The summed E-state index contributed by atoms with van der Waals surface area (Å²) in [5.74, 6) is 0.930. The van der Waals surface area contributed by atoms with Crippen molar-refractivity contribution in [2.45, 2.75) is 63.3 Å². The minimum Gasteiger partial charge on any atom is -0.372 e. The fourth-order valence-electron chi connectivity index (χ4n) is 4.37. The van der Waals surface area contributed by atoms with E-state index in [4.69, 9.17) is 0 Å². The Morgan fingerprint density at radius 2 is 1.83 bits per heavy atom. The van der Waals surface area contributed by atoms with E-state index in [1.807, 2.05) is 4.90 Å². The molecule has 1 aromatic carbocycles. The molecule has 0 atom stereocenters. The SMILES string of the molecule is CN=C(NCc1ccc(N(C)C2CCCCC2)cc1)N1CCS(=O)(=O)C(C)(C)C1.I. The Morgan fingerprint density at radius 3 is 2.40 bits per heavy atom. The summed E-state index contributed by atoms with van der Waals surface area (Å²) < 4.78 is 23.7. The Balaban J connectivity index is 0.00000320. The van der Waals surface area contributed by atoms with Crippen LogP contribution in [0.25, 0.3) is 0 Å². The third-order valence-electron chi connectivity index (χ3n) is 6.47. The Morgan fingerprint density at radius 1 is 1.20 bits per heavy atom. The summed E-state index contributed by atoms with van der Waals surface area (Å²) in [6, 6.07) is 9.39. The van der Waals surface area contributed by atoms with Gasteiger partial charge in [0.05, 0.1) is 10.5 Å². The predicted molar refractivity (Wildman–Crippen MR) is 137 cm³/mol. The standard InChI is InChI=1S/C22H36N4O2S.HI/c1-22(2)17-26(14-15-29(22,27)28)21(23-3)24-16-18-10-12-20(13-11-18)25(4)19-8-6-5-7-9-19;/h10-13,19H,5-9,14-17H2,1-4H3,(H,23,24);1H. The van der Waals surface area contributed by atoms with Crippen LogP contribution in [-0.4, -0.2) is 63.0 Å². The molecule has 0 amide bonds. The van der Waals surface area contributed by atoms with Gasteiger partial charge in [0.15, 0.2) is 15.8 Å². The highest BCUT2D eigenvalue weighted by Crippen LogP contribution is 2.26. The lowest BCUT2D eigenvalue weighted by Gasteiger charge is -2.39. The maximum atomic E-state index is 12.2. The molecule has 8 heteroatoms. The van der Waals surface area contributed by atoms with Crippen molar-refractivity contribution in [2.75, 3.05) is 37.8 Å². The Bertz CT molecular complexity index is 818. The average Bonchev–Trinajstić information content (AvgIpc) is 2.71. The van der Waals surface area contributed by atoms with E-state index < -0.39 is 14.6 Å². The molecule has 0 radical (unpaired) electrons. The zero-order valence-corrected chi connectivity index (χ0v) is 21.9. The van der Waals surface area contributed by atoms with E-state index in [9.17, 15) is 8.42 Å². The summed E-state index contributed by atoms with van der Waals surface area (Å²) >= 11 is 0. The summed E-state index contributed by atoms with van der Waals surface area (Å²) in [6.45, 7) is 5.20. The molecule has 2 aliphatic rings. The molecule has 3 rings (SSSR count). The number of aliphatic imine (C=N–C) groups is 1. The number of halogens is 1. The minimum atomic E-state index is -3.05. The normalized spacial score (nSPS) is 21.6. The molecule has 1 saturated carbocycles. The molecular formula is C22H37IN4O2S. The van der Waals surface area contributed by atoms with Gasteiger partial charge in [-0.2, -0.15) is 0 Å². The molecule has 0 spiro atoms. The zero-order chi connectivity index (χ0) is 21.1. The lowest BCUT2D eigenvalue weighted by Crippen LogP contribution is -2.57. The van der Waals surface area contributed by atoms with Crippen molar-refractivity contribution in [1.82, 2.24) is 10.2 Å². The first-order valence-electron chi connectivity index (χ1n) is 10.7. The van der Waals surface area contributed by atoms with Gasteiger partial charge in [0.2, 0.25) is 0 Å². The number of rotatable bonds is 4.